The van der Waals surface area contributed by atoms with Gasteiger partial charge >= 0.3 is 6.09 Å². The number of hydrogen-bond acceptors (Lipinski definition) is 6. The third-order valence-electron chi connectivity index (χ3n) is 3.76. The normalized spacial score (nSPS) is 19.6. The third kappa shape index (κ3) is 6.28. The van der Waals surface area contributed by atoms with Gasteiger partial charge in [0.25, 0.3) is 0 Å². The van der Waals surface area contributed by atoms with E-state index in [9.17, 15) is 13.2 Å². The summed E-state index contributed by atoms with van der Waals surface area (Å²) in [5.74, 6) is 0.558. The Morgan fingerprint density at radius 1 is 1.30 bits per heavy atom. The highest BCUT2D eigenvalue weighted by Gasteiger charge is 2.46. The molecule has 0 aromatic heterocycles. The van der Waals surface area contributed by atoms with Crippen LogP contribution in [0.1, 0.15) is 34.6 Å². The van der Waals surface area contributed by atoms with Crippen LogP contribution in [0.3, 0.4) is 0 Å². The molecular weight excluding hydrogens is 372 g/mol. The van der Waals surface area contributed by atoms with Crippen LogP contribution in [0, 0.1) is 0 Å². The lowest BCUT2D eigenvalue weighted by Gasteiger charge is -2.35. The maximum absolute atomic E-state index is 12.6. The molecule has 1 amide bonds. The number of rotatable bonds is 5. The van der Waals surface area contributed by atoms with E-state index in [1.165, 1.54) is 0 Å². The number of benzene rings is 1. The summed E-state index contributed by atoms with van der Waals surface area (Å²) in [7, 11) is -3.33. The molecule has 1 aromatic carbocycles. The van der Waals surface area contributed by atoms with Crippen molar-refractivity contribution < 1.29 is 27.4 Å². The first-order valence-electron chi connectivity index (χ1n) is 8.64. The molecule has 1 N–H and O–H groups in total. The molecule has 152 valence electrons. The van der Waals surface area contributed by atoms with Crippen molar-refractivity contribution in [3.63, 3.8) is 0 Å². The van der Waals surface area contributed by atoms with Crippen LogP contribution in [0.5, 0.6) is 5.75 Å². The van der Waals surface area contributed by atoms with Crippen molar-refractivity contribution in [3.8, 4) is 5.75 Å². The molecular formula is C18H28N2O6S. The number of nitrogens with zero attached hydrogens (tertiary/aromatic N) is 1. The van der Waals surface area contributed by atoms with Gasteiger partial charge in [0.15, 0.2) is 0 Å². The highest BCUT2D eigenvalue weighted by Crippen LogP contribution is 2.30. The van der Waals surface area contributed by atoms with Gasteiger partial charge in [-0.05, 0) is 58.9 Å². The summed E-state index contributed by atoms with van der Waals surface area (Å²) in [5, 5.41) is 0. The Hall–Kier alpha value is -2.00. The Morgan fingerprint density at radius 2 is 1.89 bits per heavy atom. The maximum atomic E-state index is 12.6. The molecule has 1 fully saturated rings. The van der Waals surface area contributed by atoms with Gasteiger partial charge in [0.1, 0.15) is 23.7 Å². The van der Waals surface area contributed by atoms with Gasteiger partial charge in [-0.15, -0.1) is 0 Å². The number of amides is 1. The van der Waals surface area contributed by atoms with Gasteiger partial charge in [0.05, 0.1) is 18.9 Å². The second kappa shape index (κ2) is 7.55. The van der Waals surface area contributed by atoms with E-state index in [1.807, 2.05) is 34.6 Å². The van der Waals surface area contributed by atoms with E-state index in [2.05, 4.69) is 4.72 Å². The molecule has 0 aliphatic carbocycles. The lowest BCUT2D eigenvalue weighted by Crippen LogP contribution is -2.51. The fraction of sp³-hybridized carbons (Fsp3) is 0.611. The van der Waals surface area contributed by atoms with Crippen LogP contribution >= 0.6 is 0 Å². The summed E-state index contributed by atoms with van der Waals surface area (Å²) in [6.07, 6.45) is 0.635. The molecule has 1 heterocycles. The molecule has 0 radical (unpaired) electrons. The van der Waals surface area contributed by atoms with Crippen LogP contribution in [0.2, 0.25) is 0 Å². The number of sulfonamides is 1. The lowest BCUT2D eigenvalue weighted by atomic mass is 10.2. The summed E-state index contributed by atoms with van der Waals surface area (Å²) in [6.45, 7) is 9.61. The zero-order valence-corrected chi connectivity index (χ0v) is 17.4. The molecule has 0 bridgehead atoms. The number of nitrogens with one attached hydrogen (secondary N) is 1. The highest BCUT2D eigenvalue weighted by molar-refractivity contribution is 7.92. The average Bonchev–Trinajstić information content (AvgIpc) is 2.78. The quantitative estimate of drug-likeness (QED) is 0.817. The molecule has 1 aliphatic rings. The topological polar surface area (TPSA) is 94.2 Å². The van der Waals surface area contributed by atoms with E-state index < -0.39 is 27.4 Å². The van der Waals surface area contributed by atoms with Crippen LogP contribution in [0.25, 0.3) is 0 Å². The van der Waals surface area contributed by atoms with Gasteiger partial charge in [0, 0.05) is 5.69 Å². The first-order valence-corrected chi connectivity index (χ1v) is 10.5. The van der Waals surface area contributed by atoms with E-state index >= 15 is 0 Å². The number of ether oxygens (including phenoxy) is 3. The van der Waals surface area contributed by atoms with E-state index in [-0.39, 0.29) is 12.6 Å². The molecule has 1 aromatic rings. The first-order chi connectivity index (χ1) is 12.3. The molecule has 1 atom stereocenters. The molecule has 1 aliphatic heterocycles. The predicted molar refractivity (Wildman–Crippen MR) is 102 cm³/mol. The smallest absolute Gasteiger partial charge is 0.413 e. The van der Waals surface area contributed by atoms with Gasteiger partial charge in [-0.25, -0.2) is 13.2 Å². The van der Waals surface area contributed by atoms with Crippen molar-refractivity contribution >= 4 is 21.8 Å². The van der Waals surface area contributed by atoms with E-state index in [0.717, 1.165) is 6.26 Å². The van der Waals surface area contributed by atoms with Gasteiger partial charge in [-0.1, -0.05) is 0 Å². The number of anilines is 1. The molecule has 8 nitrogen and oxygen atoms in total. The molecule has 2 rings (SSSR count). The van der Waals surface area contributed by atoms with Gasteiger partial charge in [-0.3, -0.25) is 9.62 Å². The standard InChI is InChI=1S/C18H28N2O6S/c1-17(2,3)26-16(21)20-14(12-25-18(20,4)5)11-24-15-9-7-13(8-10-15)19-27(6,22)23/h7-10,14,19H,11-12H2,1-6H3/t14-/m1/s1. The van der Waals surface area contributed by atoms with Crippen LogP contribution in [-0.4, -0.2) is 56.2 Å². The van der Waals surface area contributed by atoms with E-state index in [4.69, 9.17) is 14.2 Å². The number of hydrogen-bond donors (Lipinski definition) is 1. The molecule has 9 heteroatoms. The largest absolute Gasteiger partial charge is 0.491 e. The van der Waals surface area contributed by atoms with Crippen LogP contribution in [0.4, 0.5) is 10.5 Å². The minimum Gasteiger partial charge on any atom is -0.491 e. The summed E-state index contributed by atoms with van der Waals surface area (Å²) >= 11 is 0. The van der Waals surface area contributed by atoms with Gasteiger partial charge in [0.2, 0.25) is 10.0 Å². The Bertz CT molecular complexity index is 768. The number of carbonyl (C=O) groups is 1. The predicted octanol–water partition coefficient (Wildman–Crippen LogP) is 2.81. The van der Waals surface area contributed by atoms with Crippen LogP contribution in [0.15, 0.2) is 24.3 Å². The maximum Gasteiger partial charge on any atom is 0.413 e. The second-order valence-corrected chi connectivity index (χ2v) is 9.72. The lowest BCUT2D eigenvalue weighted by molar-refractivity contribution is -0.0637. The molecule has 0 unspecified atom stereocenters. The molecule has 0 saturated carbocycles. The van der Waals surface area contributed by atoms with Crippen molar-refractivity contribution in [1.82, 2.24) is 4.90 Å². The fourth-order valence-electron chi connectivity index (χ4n) is 2.71. The summed E-state index contributed by atoms with van der Waals surface area (Å²) < 4.78 is 41.9. The van der Waals surface area contributed by atoms with E-state index in [0.29, 0.717) is 18.0 Å². The molecule has 27 heavy (non-hydrogen) atoms. The van der Waals surface area contributed by atoms with Crippen molar-refractivity contribution in [2.24, 2.45) is 0 Å². The highest BCUT2D eigenvalue weighted by atomic mass is 32.2. The monoisotopic (exact) mass is 400 g/mol. The Balaban J connectivity index is 2.02. The third-order valence-corrected chi connectivity index (χ3v) is 4.37. The Kier molecular flexibility index (Phi) is 5.96. The van der Waals surface area contributed by atoms with E-state index in [1.54, 1.807) is 29.2 Å². The Morgan fingerprint density at radius 3 is 2.41 bits per heavy atom. The van der Waals surface area contributed by atoms with Crippen molar-refractivity contribution in [3.05, 3.63) is 24.3 Å². The van der Waals surface area contributed by atoms with Crippen molar-refractivity contribution in [1.29, 1.82) is 0 Å². The van der Waals surface area contributed by atoms with Crippen LogP contribution in [-0.2, 0) is 19.5 Å². The zero-order valence-electron chi connectivity index (χ0n) is 16.6. The van der Waals surface area contributed by atoms with Crippen molar-refractivity contribution in [2.75, 3.05) is 24.2 Å². The number of carbonyl (C=O) groups excluding carboxylic acids is 1. The minimum atomic E-state index is -3.33. The Labute approximate surface area is 160 Å². The van der Waals surface area contributed by atoms with Crippen LogP contribution < -0.4 is 9.46 Å². The molecule has 1 saturated heterocycles. The van der Waals surface area contributed by atoms with Gasteiger partial charge in [-0.2, -0.15) is 0 Å². The average molecular weight is 400 g/mol. The zero-order chi connectivity index (χ0) is 20.5. The van der Waals surface area contributed by atoms with Crippen molar-refractivity contribution in [2.45, 2.75) is 52.0 Å². The molecule has 0 spiro atoms. The summed E-state index contributed by atoms with van der Waals surface area (Å²) in [4.78, 5) is 14.1. The first kappa shape index (κ1) is 21.3. The fourth-order valence-corrected chi connectivity index (χ4v) is 3.28. The SMILES string of the molecule is CC(C)(C)OC(=O)N1[C@H](COc2ccc(NS(C)(=O)=O)cc2)COC1(C)C. The summed E-state index contributed by atoms with van der Waals surface area (Å²) in [6, 6.07) is 6.23. The second-order valence-electron chi connectivity index (χ2n) is 7.97. The van der Waals surface area contributed by atoms with Gasteiger partial charge < -0.3 is 14.2 Å². The summed E-state index contributed by atoms with van der Waals surface area (Å²) in [5.41, 5.74) is -0.950. The minimum absolute atomic E-state index is 0.224.